The van der Waals surface area contributed by atoms with Gasteiger partial charge in [0, 0.05) is 6.54 Å². The second-order valence-corrected chi connectivity index (χ2v) is 5.37. The van der Waals surface area contributed by atoms with Gasteiger partial charge in [-0.15, -0.1) is 0 Å². The SMILES string of the molecule is CCOC(=O)C1CCCCN1C(=O)C1COC(C)C1. The quantitative estimate of drug-likeness (QED) is 0.726. The van der Waals surface area contributed by atoms with Gasteiger partial charge in [-0.2, -0.15) is 0 Å². The first-order valence-corrected chi connectivity index (χ1v) is 7.22. The minimum Gasteiger partial charge on any atom is -0.464 e. The number of carbonyl (C=O) groups is 2. The molecule has 0 N–H and O–H groups in total. The number of piperidine rings is 1. The highest BCUT2D eigenvalue weighted by atomic mass is 16.5. The fraction of sp³-hybridized carbons (Fsp3) is 0.857. The highest BCUT2D eigenvalue weighted by Crippen LogP contribution is 2.26. The van der Waals surface area contributed by atoms with E-state index in [0.29, 0.717) is 26.2 Å². The van der Waals surface area contributed by atoms with Gasteiger partial charge in [0.1, 0.15) is 6.04 Å². The van der Waals surface area contributed by atoms with E-state index in [9.17, 15) is 9.59 Å². The molecular formula is C14H23NO4. The highest BCUT2D eigenvalue weighted by molar-refractivity contribution is 5.86. The highest BCUT2D eigenvalue weighted by Gasteiger charge is 2.38. The van der Waals surface area contributed by atoms with Crippen LogP contribution in [0.5, 0.6) is 0 Å². The monoisotopic (exact) mass is 269 g/mol. The normalized spacial score (nSPS) is 31.3. The standard InChI is InChI=1S/C14H23NO4/c1-3-18-14(17)12-6-4-5-7-15(12)13(16)11-8-10(2)19-9-11/h10-12H,3-9H2,1-2H3. The largest absolute Gasteiger partial charge is 0.464 e. The third-order valence-electron chi connectivity index (χ3n) is 3.89. The summed E-state index contributed by atoms with van der Waals surface area (Å²) >= 11 is 0. The van der Waals surface area contributed by atoms with Crippen LogP contribution >= 0.6 is 0 Å². The molecule has 5 nitrogen and oxygen atoms in total. The molecule has 2 aliphatic heterocycles. The number of rotatable bonds is 3. The Morgan fingerprint density at radius 3 is 2.79 bits per heavy atom. The van der Waals surface area contributed by atoms with Crippen LogP contribution in [0, 0.1) is 5.92 Å². The molecule has 0 spiro atoms. The zero-order valence-electron chi connectivity index (χ0n) is 11.8. The summed E-state index contributed by atoms with van der Waals surface area (Å²) in [5.74, 6) is -0.297. The van der Waals surface area contributed by atoms with Crippen molar-refractivity contribution in [3.8, 4) is 0 Å². The minimum atomic E-state index is -0.392. The molecule has 3 atom stereocenters. The lowest BCUT2D eigenvalue weighted by Crippen LogP contribution is -2.50. The number of hydrogen-bond donors (Lipinski definition) is 0. The van der Waals surface area contributed by atoms with Crippen molar-refractivity contribution >= 4 is 11.9 Å². The molecule has 0 saturated carbocycles. The van der Waals surface area contributed by atoms with E-state index in [0.717, 1.165) is 19.3 Å². The molecule has 2 heterocycles. The lowest BCUT2D eigenvalue weighted by atomic mass is 9.98. The van der Waals surface area contributed by atoms with Gasteiger partial charge < -0.3 is 14.4 Å². The zero-order chi connectivity index (χ0) is 13.8. The molecule has 0 aromatic rings. The molecule has 0 aliphatic carbocycles. The maximum atomic E-state index is 12.5. The van der Waals surface area contributed by atoms with Gasteiger partial charge in [0.25, 0.3) is 0 Å². The van der Waals surface area contributed by atoms with Crippen LogP contribution in [0.25, 0.3) is 0 Å². The lowest BCUT2D eigenvalue weighted by molar-refractivity contribution is -0.158. The second kappa shape index (κ2) is 6.37. The first-order chi connectivity index (χ1) is 9.13. The van der Waals surface area contributed by atoms with E-state index in [1.54, 1.807) is 11.8 Å². The Morgan fingerprint density at radius 2 is 2.16 bits per heavy atom. The Balaban J connectivity index is 2.02. The molecule has 3 unspecified atom stereocenters. The molecular weight excluding hydrogens is 246 g/mol. The second-order valence-electron chi connectivity index (χ2n) is 5.37. The zero-order valence-corrected chi connectivity index (χ0v) is 11.8. The summed E-state index contributed by atoms with van der Waals surface area (Å²) in [5, 5.41) is 0. The number of amides is 1. The molecule has 108 valence electrons. The topological polar surface area (TPSA) is 55.8 Å². The van der Waals surface area contributed by atoms with E-state index in [4.69, 9.17) is 9.47 Å². The van der Waals surface area contributed by atoms with E-state index in [1.165, 1.54) is 0 Å². The van der Waals surface area contributed by atoms with Crippen LogP contribution in [0.15, 0.2) is 0 Å². The molecule has 0 aromatic heterocycles. The van der Waals surface area contributed by atoms with Gasteiger partial charge in [-0.05, 0) is 39.5 Å². The number of hydrogen-bond acceptors (Lipinski definition) is 4. The van der Waals surface area contributed by atoms with Gasteiger partial charge in [-0.3, -0.25) is 4.79 Å². The average Bonchev–Trinajstić information content (AvgIpc) is 2.85. The molecule has 1 amide bonds. The Hall–Kier alpha value is -1.10. The molecule has 2 aliphatic rings. The fourth-order valence-corrected chi connectivity index (χ4v) is 2.90. The van der Waals surface area contributed by atoms with Crippen molar-refractivity contribution in [1.29, 1.82) is 0 Å². The predicted octanol–water partition coefficient (Wildman–Crippen LogP) is 1.36. The first kappa shape index (κ1) is 14.3. The number of nitrogens with zero attached hydrogens (tertiary/aromatic N) is 1. The number of esters is 1. The van der Waals surface area contributed by atoms with Crippen molar-refractivity contribution in [2.75, 3.05) is 19.8 Å². The summed E-state index contributed by atoms with van der Waals surface area (Å²) in [6.07, 6.45) is 3.55. The van der Waals surface area contributed by atoms with E-state index in [2.05, 4.69) is 0 Å². The van der Waals surface area contributed by atoms with Crippen LogP contribution in [0.2, 0.25) is 0 Å². The molecule has 0 radical (unpaired) electrons. The van der Waals surface area contributed by atoms with E-state index < -0.39 is 6.04 Å². The van der Waals surface area contributed by atoms with Crippen LogP contribution in [0.1, 0.15) is 39.5 Å². The molecule has 2 fully saturated rings. The lowest BCUT2D eigenvalue weighted by Gasteiger charge is -2.35. The van der Waals surface area contributed by atoms with Crippen LogP contribution in [0.3, 0.4) is 0 Å². The van der Waals surface area contributed by atoms with Gasteiger partial charge in [-0.25, -0.2) is 4.79 Å². The first-order valence-electron chi connectivity index (χ1n) is 7.22. The molecule has 0 bridgehead atoms. The summed E-state index contributed by atoms with van der Waals surface area (Å²) in [6, 6.07) is -0.392. The summed E-state index contributed by atoms with van der Waals surface area (Å²) in [5.41, 5.74) is 0. The Morgan fingerprint density at radius 1 is 1.37 bits per heavy atom. The Kier molecular flexibility index (Phi) is 4.80. The summed E-state index contributed by atoms with van der Waals surface area (Å²) in [6.45, 7) is 5.27. The van der Waals surface area contributed by atoms with Gasteiger partial charge in [-0.1, -0.05) is 0 Å². The molecule has 2 saturated heterocycles. The maximum absolute atomic E-state index is 12.5. The van der Waals surface area contributed by atoms with E-state index in [-0.39, 0.29) is 23.9 Å². The third kappa shape index (κ3) is 3.26. The Labute approximate surface area is 114 Å². The smallest absolute Gasteiger partial charge is 0.328 e. The van der Waals surface area contributed by atoms with Crippen molar-refractivity contribution in [3.05, 3.63) is 0 Å². The number of likely N-dealkylation sites (tertiary alicyclic amines) is 1. The minimum absolute atomic E-state index is 0.0575. The van der Waals surface area contributed by atoms with Gasteiger partial charge in [0.15, 0.2) is 0 Å². The van der Waals surface area contributed by atoms with Gasteiger partial charge in [0.2, 0.25) is 5.91 Å². The van der Waals surface area contributed by atoms with Crippen molar-refractivity contribution in [2.45, 2.75) is 51.7 Å². The fourth-order valence-electron chi connectivity index (χ4n) is 2.90. The number of carbonyl (C=O) groups excluding carboxylic acids is 2. The summed E-state index contributed by atoms with van der Waals surface area (Å²) < 4.78 is 10.5. The van der Waals surface area contributed by atoms with Crippen LogP contribution in [-0.2, 0) is 19.1 Å². The Bertz CT molecular complexity index is 344. The molecule has 19 heavy (non-hydrogen) atoms. The number of ether oxygens (including phenoxy) is 2. The van der Waals surface area contributed by atoms with Crippen molar-refractivity contribution in [3.63, 3.8) is 0 Å². The van der Waals surface area contributed by atoms with E-state index >= 15 is 0 Å². The van der Waals surface area contributed by atoms with Crippen molar-refractivity contribution < 1.29 is 19.1 Å². The van der Waals surface area contributed by atoms with Crippen LogP contribution in [-0.4, -0.2) is 48.7 Å². The van der Waals surface area contributed by atoms with Gasteiger partial charge >= 0.3 is 5.97 Å². The third-order valence-corrected chi connectivity index (χ3v) is 3.89. The average molecular weight is 269 g/mol. The van der Waals surface area contributed by atoms with E-state index in [1.807, 2.05) is 6.92 Å². The van der Waals surface area contributed by atoms with Crippen LogP contribution < -0.4 is 0 Å². The molecule has 2 rings (SSSR count). The van der Waals surface area contributed by atoms with Crippen LogP contribution in [0.4, 0.5) is 0 Å². The molecule has 5 heteroatoms. The van der Waals surface area contributed by atoms with Crippen molar-refractivity contribution in [1.82, 2.24) is 4.90 Å². The van der Waals surface area contributed by atoms with Gasteiger partial charge in [0.05, 0.1) is 25.2 Å². The van der Waals surface area contributed by atoms with Crippen molar-refractivity contribution in [2.24, 2.45) is 5.92 Å². The predicted molar refractivity (Wildman–Crippen MR) is 69.5 cm³/mol. The molecule has 0 aromatic carbocycles. The summed E-state index contributed by atoms with van der Waals surface area (Å²) in [4.78, 5) is 26.2. The maximum Gasteiger partial charge on any atom is 0.328 e. The summed E-state index contributed by atoms with van der Waals surface area (Å²) in [7, 11) is 0.